The predicted octanol–water partition coefficient (Wildman–Crippen LogP) is 1.95. The van der Waals surface area contributed by atoms with Gasteiger partial charge in [0.25, 0.3) is 5.56 Å². The average Bonchev–Trinajstić information content (AvgIpc) is 2.43. The fraction of sp³-hybridized carbons (Fsp3) is 0.400. The van der Waals surface area contributed by atoms with E-state index in [0.29, 0.717) is 24.8 Å². The maximum atomic E-state index is 12.2. The van der Waals surface area contributed by atoms with E-state index in [-0.39, 0.29) is 5.56 Å². The SMILES string of the molecule is CC(C)Cn1ccnc(NCCc2cccnc2)c1=O. The molecule has 2 rings (SSSR count). The Morgan fingerprint density at radius 2 is 2.20 bits per heavy atom. The van der Waals surface area contributed by atoms with Gasteiger partial charge < -0.3 is 9.88 Å². The summed E-state index contributed by atoms with van der Waals surface area (Å²) in [5.74, 6) is 0.843. The molecule has 1 N–H and O–H groups in total. The lowest BCUT2D eigenvalue weighted by Gasteiger charge is -2.10. The van der Waals surface area contributed by atoms with E-state index < -0.39 is 0 Å². The van der Waals surface area contributed by atoms with Gasteiger partial charge in [-0.3, -0.25) is 9.78 Å². The molecule has 5 nitrogen and oxygen atoms in total. The summed E-state index contributed by atoms with van der Waals surface area (Å²) in [4.78, 5) is 20.4. The van der Waals surface area contributed by atoms with E-state index in [4.69, 9.17) is 0 Å². The zero-order chi connectivity index (χ0) is 14.4. The molecular formula is C15H20N4O. The predicted molar refractivity (Wildman–Crippen MR) is 79.8 cm³/mol. The first-order valence-electron chi connectivity index (χ1n) is 6.85. The lowest BCUT2D eigenvalue weighted by Crippen LogP contribution is -2.26. The molecule has 2 aromatic heterocycles. The van der Waals surface area contributed by atoms with Gasteiger partial charge in [0, 0.05) is 37.9 Å². The van der Waals surface area contributed by atoms with E-state index in [1.807, 2.05) is 18.3 Å². The average molecular weight is 272 g/mol. The van der Waals surface area contributed by atoms with Gasteiger partial charge in [-0.2, -0.15) is 0 Å². The smallest absolute Gasteiger partial charge is 0.293 e. The van der Waals surface area contributed by atoms with Crippen molar-refractivity contribution in [3.63, 3.8) is 0 Å². The van der Waals surface area contributed by atoms with Gasteiger partial charge in [-0.25, -0.2) is 4.98 Å². The van der Waals surface area contributed by atoms with Gasteiger partial charge in [-0.05, 0) is 24.0 Å². The second kappa shape index (κ2) is 6.84. The molecule has 2 aromatic rings. The van der Waals surface area contributed by atoms with E-state index in [1.165, 1.54) is 0 Å². The van der Waals surface area contributed by atoms with Crippen LogP contribution in [0.25, 0.3) is 0 Å². The summed E-state index contributed by atoms with van der Waals surface area (Å²) in [5.41, 5.74) is 1.07. The molecule has 0 aliphatic heterocycles. The number of hydrogen-bond donors (Lipinski definition) is 1. The van der Waals surface area contributed by atoms with E-state index in [1.54, 1.807) is 23.2 Å². The van der Waals surface area contributed by atoms with Crippen molar-refractivity contribution in [2.24, 2.45) is 5.92 Å². The fourth-order valence-corrected chi connectivity index (χ4v) is 1.98. The Balaban J connectivity index is 1.98. The van der Waals surface area contributed by atoms with Gasteiger partial charge in [0.15, 0.2) is 5.82 Å². The van der Waals surface area contributed by atoms with Gasteiger partial charge >= 0.3 is 0 Å². The molecule has 0 unspecified atom stereocenters. The van der Waals surface area contributed by atoms with Crippen LogP contribution < -0.4 is 10.9 Å². The normalized spacial score (nSPS) is 10.8. The molecule has 106 valence electrons. The monoisotopic (exact) mass is 272 g/mol. The highest BCUT2D eigenvalue weighted by Crippen LogP contribution is 2.00. The molecule has 0 aliphatic carbocycles. The van der Waals surface area contributed by atoms with Crippen molar-refractivity contribution in [1.82, 2.24) is 14.5 Å². The molecule has 0 fully saturated rings. The number of anilines is 1. The summed E-state index contributed by atoms with van der Waals surface area (Å²) in [5, 5.41) is 3.10. The molecule has 0 aliphatic rings. The van der Waals surface area contributed by atoms with Crippen LogP contribution in [-0.2, 0) is 13.0 Å². The zero-order valence-electron chi connectivity index (χ0n) is 11.9. The Morgan fingerprint density at radius 3 is 2.90 bits per heavy atom. The first kappa shape index (κ1) is 14.2. The molecule has 0 saturated carbocycles. The van der Waals surface area contributed by atoms with Crippen LogP contribution >= 0.6 is 0 Å². The van der Waals surface area contributed by atoms with E-state index >= 15 is 0 Å². The Labute approximate surface area is 118 Å². The number of aromatic nitrogens is 3. The fourth-order valence-electron chi connectivity index (χ4n) is 1.98. The number of pyridine rings is 1. The third-order valence-electron chi connectivity index (χ3n) is 2.90. The van der Waals surface area contributed by atoms with Crippen LogP contribution in [0.4, 0.5) is 5.82 Å². The van der Waals surface area contributed by atoms with Gasteiger partial charge in [-0.1, -0.05) is 19.9 Å². The molecule has 0 saturated heterocycles. The third kappa shape index (κ3) is 3.91. The first-order chi connectivity index (χ1) is 9.66. The maximum absolute atomic E-state index is 12.2. The van der Waals surface area contributed by atoms with Crippen LogP contribution in [0.15, 0.2) is 41.7 Å². The summed E-state index contributed by atoms with van der Waals surface area (Å²) in [6.45, 7) is 5.54. The van der Waals surface area contributed by atoms with E-state index in [0.717, 1.165) is 12.0 Å². The van der Waals surface area contributed by atoms with Gasteiger partial charge in [0.2, 0.25) is 0 Å². The van der Waals surface area contributed by atoms with Crippen molar-refractivity contribution in [2.75, 3.05) is 11.9 Å². The van der Waals surface area contributed by atoms with Crippen molar-refractivity contribution >= 4 is 5.82 Å². The molecule has 20 heavy (non-hydrogen) atoms. The topological polar surface area (TPSA) is 59.8 Å². The molecule has 5 heteroatoms. The Bertz CT molecular complexity index is 592. The molecule has 0 spiro atoms. The van der Waals surface area contributed by atoms with Crippen molar-refractivity contribution in [3.8, 4) is 0 Å². The van der Waals surface area contributed by atoms with E-state index in [9.17, 15) is 4.79 Å². The van der Waals surface area contributed by atoms with Crippen molar-refractivity contribution in [2.45, 2.75) is 26.8 Å². The van der Waals surface area contributed by atoms with Gasteiger partial charge in [0.1, 0.15) is 0 Å². The van der Waals surface area contributed by atoms with Crippen LogP contribution in [0, 0.1) is 5.92 Å². The second-order valence-corrected chi connectivity index (χ2v) is 5.17. The lowest BCUT2D eigenvalue weighted by molar-refractivity contribution is 0.509. The summed E-state index contributed by atoms with van der Waals surface area (Å²) in [7, 11) is 0. The van der Waals surface area contributed by atoms with Crippen molar-refractivity contribution < 1.29 is 0 Å². The first-order valence-corrected chi connectivity index (χ1v) is 6.85. The van der Waals surface area contributed by atoms with Crippen LogP contribution in [0.3, 0.4) is 0 Å². The van der Waals surface area contributed by atoms with Crippen LogP contribution in [0.5, 0.6) is 0 Å². The minimum Gasteiger partial charge on any atom is -0.365 e. The Kier molecular flexibility index (Phi) is 4.87. The number of nitrogens with zero attached hydrogens (tertiary/aromatic N) is 3. The van der Waals surface area contributed by atoms with E-state index in [2.05, 4.69) is 29.1 Å². The zero-order valence-corrected chi connectivity index (χ0v) is 11.9. The minimum atomic E-state index is -0.0626. The third-order valence-corrected chi connectivity index (χ3v) is 2.90. The van der Waals surface area contributed by atoms with Gasteiger partial charge in [-0.15, -0.1) is 0 Å². The molecule has 0 amide bonds. The molecule has 0 aromatic carbocycles. The summed E-state index contributed by atoms with van der Waals surface area (Å²) in [6.07, 6.45) is 7.79. The molecular weight excluding hydrogens is 252 g/mol. The molecule has 2 heterocycles. The highest BCUT2D eigenvalue weighted by Gasteiger charge is 2.05. The lowest BCUT2D eigenvalue weighted by atomic mass is 10.2. The summed E-state index contributed by atoms with van der Waals surface area (Å²) < 4.78 is 1.70. The van der Waals surface area contributed by atoms with Crippen molar-refractivity contribution in [3.05, 3.63) is 52.8 Å². The van der Waals surface area contributed by atoms with Crippen LogP contribution in [-0.4, -0.2) is 21.1 Å². The molecule has 0 bridgehead atoms. The van der Waals surface area contributed by atoms with Crippen LogP contribution in [0.2, 0.25) is 0 Å². The second-order valence-electron chi connectivity index (χ2n) is 5.17. The van der Waals surface area contributed by atoms with Gasteiger partial charge in [0.05, 0.1) is 0 Å². The standard InChI is InChI=1S/C15H20N4O/c1-12(2)11-19-9-8-18-14(15(19)20)17-7-5-13-4-3-6-16-10-13/h3-4,6,8-10,12H,5,7,11H2,1-2H3,(H,17,18). The van der Waals surface area contributed by atoms with Crippen LogP contribution in [0.1, 0.15) is 19.4 Å². The summed E-state index contributed by atoms with van der Waals surface area (Å²) in [6, 6.07) is 3.93. The molecule has 0 atom stereocenters. The summed E-state index contributed by atoms with van der Waals surface area (Å²) >= 11 is 0. The number of rotatable bonds is 6. The quantitative estimate of drug-likeness (QED) is 0.873. The number of nitrogens with one attached hydrogen (secondary N) is 1. The number of hydrogen-bond acceptors (Lipinski definition) is 4. The molecule has 0 radical (unpaired) electrons. The Morgan fingerprint density at radius 1 is 1.35 bits per heavy atom. The largest absolute Gasteiger partial charge is 0.365 e. The maximum Gasteiger partial charge on any atom is 0.293 e. The highest BCUT2D eigenvalue weighted by molar-refractivity contribution is 5.31. The highest BCUT2D eigenvalue weighted by atomic mass is 16.1. The Hall–Kier alpha value is -2.17. The minimum absolute atomic E-state index is 0.0626. The van der Waals surface area contributed by atoms with Crippen molar-refractivity contribution in [1.29, 1.82) is 0 Å².